The standard InChI is InChI=1S/C14H16BrN3O3/c15-11-4-2-10(3-5-11)14(21)17-8-13(20)18-7-1-6-16-12(19)9-18/h2-5H,1,6-9H2,(H,16,19)(H,17,21). The molecule has 1 aliphatic rings. The van der Waals surface area contributed by atoms with E-state index in [1.807, 2.05) is 0 Å². The zero-order chi connectivity index (χ0) is 15.2. The van der Waals surface area contributed by atoms with Gasteiger partial charge in [0.05, 0.1) is 13.1 Å². The van der Waals surface area contributed by atoms with Gasteiger partial charge in [0.1, 0.15) is 0 Å². The minimum absolute atomic E-state index is 0.0486. The predicted octanol–water partition coefficient (Wildman–Crippen LogP) is 0.527. The van der Waals surface area contributed by atoms with Crippen LogP contribution in [0.25, 0.3) is 0 Å². The van der Waals surface area contributed by atoms with Crippen molar-refractivity contribution in [1.82, 2.24) is 15.5 Å². The quantitative estimate of drug-likeness (QED) is 0.831. The van der Waals surface area contributed by atoms with Crippen molar-refractivity contribution in [2.45, 2.75) is 6.42 Å². The number of nitrogens with one attached hydrogen (secondary N) is 2. The zero-order valence-corrected chi connectivity index (χ0v) is 13.0. The maximum atomic E-state index is 12.0. The predicted molar refractivity (Wildman–Crippen MR) is 80.7 cm³/mol. The summed E-state index contributed by atoms with van der Waals surface area (Å²) in [7, 11) is 0. The number of nitrogens with zero attached hydrogens (tertiary/aromatic N) is 1. The van der Waals surface area contributed by atoms with Crippen LogP contribution < -0.4 is 10.6 Å². The van der Waals surface area contributed by atoms with E-state index in [9.17, 15) is 14.4 Å². The summed E-state index contributed by atoms with van der Waals surface area (Å²) in [6.45, 7) is 1.04. The Labute approximate surface area is 131 Å². The Morgan fingerprint density at radius 2 is 2.00 bits per heavy atom. The Bertz CT molecular complexity index is 545. The highest BCUT2D eigenvalue weighted by molar-refractivity contribution is 9.10. The monoisotopic (exact) mass is 353 g/mol. The summed E-state index contributed by atoms with van der Waals surface area (Å²) >= 11 is 3.29. The van der Waals surface area contributed by atoms with Gasteiger partial charge in [0.25, 0.3) is 5.91 Å². The first kappa shape index (κ1) is 15.5. The van der Waals surface area contributed by atoms with Crippen molar-refractivity contribution in [3.8, 4) is 0 Å². The lowest BCUT2D eigenvalue weighted by Crippen LogP contribution is -2.43. The number of hydrogen-bond donors (Lipinski definition) is 2. The summed E-state index contributed by atoms with van der Waals surface area (Å²) in [6, 6.07) is 6.86. The lowest BCUT2D eigenvalue weighted by molar-refractivity contribution is -0.134. The average molecular weight is 354 g/mol. The molecule has 21 heavy (non-hydrogen) atoms. The fourth-order valence-electron chi connectivity index (χ4n) is 1.99. The molecule has 0 saturated carbocycles. The molecule has 1 saturated heterocycles. The van der Waals surface area contributed by atoms with E-state index < -0.39 is 0 Å². The summed E-state index contributed by atoms with van der Waals surface area (Å²) in [5, 5.41) is 5.27. The molecule has 112 valence electrons. The van der Waals surface area contributed by atoms with Crippen LogP contribution in [0.15, 0.2) is 28.7 Å². The highest BCUT2D eigenvalue weighted by Gasteiger charge is 2.20. The maximum Gasteiger partial charge on any atom is 0.251 e. The number of amides is 3. The smallest absolute Gasteiger partial charge is 0.251 e. The van der Waals surface area contributed by atoms with Crippen LogP contribution in [-0.2, 0) is 9.59 Å². The molecule has 2 rings (SSSR count). The van der Waals surface area contributed by atoms with E-state index in [2.05, 4.69) is 26.6 Å². The maximum absolute atomic E-state index is 12.0. The third kappa shape index (κ3) is 4.56. The lowest BCUT2D eigenvalue weighted by Gasteiger charge is -2.19. The van der Waals surface area contributed by atoms with Crippen molar-refractivity contribution < 1.29 is 14.4 Å². The van der Waals surface area contributed by atoms with E-state index in [-0.39, 0.29) is 30.8 Å². The molecular formula is C14H16BrN3O3. The first-order valence-electron chi connectivity index (χ1n) is 6.64. The van der Waals surface area contributed by atoms with Gasteiger partial charge in [0.15, 0.2) is 0 Å². The van der Waals surface area contributed by atoms with Gasteiger partial charge in [-0.3, -0.25) is 14.4 Å². The van der Waals surface area contributed by atoms with Crippen LogP contribution in [0.2, 0.25) is 0 Å². The van der Waals surface area contributed by atoms with Crippen LogP contribution in [0.5, 0.6) is 0 Å². The topological polar surface area (TPSA) is 78.5 Å². The molecule has 1 fully saturated rings. The van der Waals surface area contributed by atoms with Gasteiger partial charge in [0, 0.05) is 23.1 Å². The summed E-state index contributed by atoms with van der Waals surface area (Å²) in [5.41, 5.74) is 0.486. The van der Waals surface area contributed by atoms with Gasteiger partial charge in [-0.05, 0) is 30.7 Å². The van der Waals surface area contributed by atoms with Crippen LogP contribution in [0, 0.1) is 0 Å². The van der Waals surface area contributed by atoms with Gasteiger partial charge in [0.2, 0.25) is 11.8 Å². The molecule has 6 nitrogen and oxygen atoms in total. The average Bonchev–Trinajstić information content (AvgIpc) is 2.70. The van der Waals surface area contributed by atoms with Crippen LogP contribution >= 0.6 is 15.9 Å². The molecule has 1 aromatic rings. The molecule has 0 unspecified atom stereocenters. The molecule has 0 spiro atoms. The van der Waals surface area contributed by atoms with Gasteiger partial charge in [-0.15, -0.1) is 0 Å². The van der Waals surface area contributed by atoms with E-state index in [4.69, 9.17) is 0 Å². The molecule has 7 heteroatoms. The van der Waals surface area contributed by atoms with Crippen molar-refractivity contribution >= 4 is 33.7 Å². The van der Waals surface area contributed by atoms with Gasteiger partial charge in [-0.1, -0.05) is 15.9 Å². The van der Waals surface area contributed by atoms with Crippen molar-refractivity contribution in [2.75, 3.05) is 26.2 Å². The van der Waals surface area contributed by atoms with Gasteiger partial charge in [-0.25, -0.2) is 0 Å². The summed E-state index contributed by atoms with van der Waals surface area (Å²) in [5.74, 6) is -0.729. The number of benzene rings is 1. The molecule has 2 N–H and O–H groups in total. The minimum atomic E-state index is -0.310. The number of carbonyl (C=O) groups excluding carboxylic acids is 3. The Hall–Kier alpha value is -1.89. The molecule has 0 atom stereocenters. The summed E-state index contributed by atoms with van der Waals surface area (Å²) < 4.78 is 0.880. The van der Waals surface area contributed by atoms with Gasteiger partial charge < -0.3 is 15.5 Å². The zero-order valence-electron chi connectivity index (χ0n) is 11.4. The van der Waals surface area contributed by atoms with E-state index in [0.717, 1.165) is 10.9 Å². The third-order valence-electron chi connectivity index (χ3n) is 3.12. The molecule has 0 radical (unpaired) electrons. The summed E-state index contributed by atoms with van der Waals surface area (Å²) in [4.78, 5) is 36.8. The van der Waals surface area contributed by atoms with Crippen molar-refractivity contribution in [1.29, 1.82) is 0 Å². The van der Waals surface area contributed by atoms with Crippen molar-refractivity contribution in [3.63, 3.8) is 0 Å². The summed E-state index contributed by atoms with van der Waals surface area (Å²) in [6.07, 6.45) is 0.720. The third-order valence-corrected chi connectivity index (χ3v) is 3.65. The number of rotatable bonds is 3. The lowest BCUT2D eigenvalue weighted by atomic mass is 10.2. The molecule has 3 amide bonds. The highest BCUT2D eigenvalue weighted by atomic mass is 79.9. The Morgan fingerprint density at radius 1 is 1.29 bits per heavy atom. The first-order chi connectivity index (χ1) is 10.1. The Kier molecular flexibility index (Phi) is 5.32. The molecule has 1 heterocycles. The van der Waals surface area contributed by atoms with E-state index in [1.54, 1.807) is 24.3 Å². The van der Waals surface area contributed by atoms with Gasteiger partial charge >= 0.3 is 0 Å². The molecule has 0 aromatic heterocycles. The first-order valence-corrected chi connectivity index (χ1v) is 7.44. The second kappa shape index (κ2) is 7.21. The minimum Gasteiger partial charge on any atom is -0.354 e. The number of carbonyl (C=O) groups is 3. The second-order valence-electron chi connectivity index (χ2n) is 4.71. The van der Waals surface area contributed by atoms with Crippen molar-refractivity contribution in [3.05, 3.63) is 34.3 Å². The fourth-order valence-corrected chi connectivity index (χ4v) is 2.25. The molecule has 1 aromatic carbocycles. The van der Waals surface area contributed by atoms with E-state index in [0.29, 0.717) is 18.7 Å². The molecule has 1 aliphatic heterocycles. The number of hydrogen-bond acceptors (Lipinski definition) is 3. The second-order valence-corrected chi connectivity index (χ2v) is 5.62. The number of halogens is 1. The normalized spacial score (nSPS) is 15.1. The molecule has 0 aliphatic carbocycles. The van der Waals surface area contributed by atoms with Crippen LogP contribution in [0.1, 0.15) is 16.8 Å². The SMILES string of the molecule is O=C1CN(C(=O)CNC(=O)c2ccc(Br)cc2)CCCN1. The Morgan fingerprint density at radius 3 is 2.71 bits per heavy atom. The Balaban J connectivity index is 1.86. The van der Waals surface area contributed by atoms with Crippen LogP contribution in [0.3, 0.4) is 0 Å². The highest BCUT2D eigenvalue weighted by Crippen LogP contribution is 2.10. The fraction of sp³-hybridized carbons (Fsp3) is 0.357. The van der Waals surface area contributed by atoms with Gasteiger partial charge in [-0.2, -0.15) is 0 Å². The van der Waals surface area contributed by atoms with Crippen molar-refractivity contribution in [2.24, 2.45) is 0 Å². The van der Waals surface area contributed by atoms with Crippen LogP contribution in [-0.4, -0.2) is 48.8 Å². The largest absolute Gasteiger partial charge is 0.354 e. The molecular weight excluding hydrogens is 338 g/mol. The van der Waals surface area contributed by atoms with E-state index >= 15 is 0 Å². The van der Waals surface area contributed by atoms with E-state index in [1.165, 1.54) is 4.90 Å². The molecule has 0 bridgehead atoms. The van der Waals surface area contributed by atoms with Crippen LogP contribution in [0.4, 0.5) is 0 Å².